The molecule has 0 saturated heterocycles. The van der Waals surface area contributed by atoms with E-state index >= 15 is 0 Å². The number of nitrogens with one attached hydrogen (secondary N) is 1. The van der Waals surface area contributed by atoms with Crippen LogP contribution in [-0.4, -0.2) is 56.7 Å². The van der Waals surface area contributed by atoms with Crippen molar-refractivity contribution in [3.63, 3.8) is 0 Å². The van der Waals surface area contributed by atoms with Gasteiger partial charge in [0.05, 0.1) is 18.0 Å². The van der Waals surface area contributed by atoms with Crippen LogP contribution < -0.4 is 5.32 Å². The molecule has 1 atom stereocenters. The SMILES string of the molecule is COC[C@H](C)NC(=O)CSc1nnnn1-c1ccc(O)cc1. The number of carbonyl (C=O) groups excluding carboxylic acids is 1. The maximum absolute atomic E-state index is 11.8. The predicted molar refractivity (Wildman–Crippen MR) is 81.0 cm³/mol. The van der Waals surface area contributed by atoms with Crippen molar-refractivity contribution < 1.29 is 14.6 Å². The summed E-state index contributed by atoms with van der Waals surface area (Å²) < 4.78 is 6.47. The second-order valence-electron chi connectivity index (χ2n) is 4.60. The molecule has 1 aromatic heterocycles. The third kappa shape index (κ3) is 4.43. The zero-order valence-electron chi connectivity index (χ0n) is 12.3. The third-order valence-corrected chi connectivity index (χ3v) is 3.61. The van der Waals surface area contributed by atoms with Crippen LogP contribution in [0.2, 0.25) is 0 Å². The number of amides is 1. The van der Waals surface area contributed by atoms with Crippen LogP contribution in [0.3, 0.4) is 0 Å². The topological polar surface area (TPSA) is 102 Å². The van der Waals surface area contributed by atoms with Gasteiger partial charge in [-0.2, -0.15) is 4.68 Å². The van der Waals surface area contributed by atoms with Crippen LogP contribution >= 0.6 is 11.8 Å². The summed E-state index contributed by atoms with van der Waals surface area (Å²) in [7, 11) is 1.59. The molecule has 118 valence electrons. The molecule has 9 heteroatoms. The quantitative estimate of drug-likeness (QED) is 0.720. The summed E-state index contributed by atoms with van der Waals surface area (Å²) in [5.74, 6) is 0.249. The van der Waals surface area contributed by atoms with E-state index in [2.05, 4.69) is 20.8 Å². The van der Waals surface area contributed by atoms with Gasteiger partial charge in [-0.3, -0.25) is 4.79 Å². The first kappa shape index (κ1) is 16.2. The molecular weight excluding hydrogens is 306 g/mol. The minimum Gasteiger partial charge on any atom is -0.508 e. The van der Waals surface area contributed by atoms with Gasteiger partial charge in [0.2, 0.25) is 11.1 Å². The molecule has 0 saturated carbocycles. The number of benzene rings is 1. The summed E-state index contributed by atoms with van der Waals surface area (Å²) >= 11 is 1.23. The van der Waals surface area contributed by atoms with Crippen molar-refractivity contribution in [1.29, 1.82) is 0 Å². The molecule has 2 rings (SSSR count). The first-order valence-electron chi connectivity index (χ1n) is 6.59. The predicted octanol–water partition coefficient (Wildman–Crippen LogP) is 0.611. The van der Waals surface area contributed by atoms with Crippen LogP contribution in [0.1, 0.15) is 6.92 Å². The number of ether oxygens (including phenoxy) is 1. The third-order valence-electron chi connectivity index (χ3n) is 2.69. The highest BCUT2D eigenvalue weighted by Crippen LogP contribution is 2.19. The largest absolute Gasteiger partial charge is 0.508 e. The van der Waals surface area contributed by atoms with Crippen LogP contribution in [0.5, 0.6) is 5.75 Å². The zero-order chi connectivity index (χ0) is 15.9. The van der Waals surface area contributed by atoms with Gasteiger partial charge in [0.1, 0.15) is 5.75 Å². The number of phenols is 1. The van der Waals surface area contributed by atoms with E-state index in [4.69, 9.17) is 4.74 Å². The van der Waals surface area contributed by atoms with Crippen molar-refractivity contribution in [2.45, 2.75) is 18.1 Å². The molecule has 1 amide bonds. The van der Waals surface area contributed by atoms with Crippen molar-refractivity contribution in [3.05, 3.63) is 24.3 Å². The highest BCUT2D eigenvalue weighted by atomic mass is 32.2. The number of aromatic nitrogens is 4. The molecule has 22 heavy (non-hydrogen) atoms. The van der Waals surface area contributed by atoms with Gasteiger partial charge in [-0.1, -0.05) is 11.8 Å². The lowest BCUT2D eigenvalue weighted by atomic mass is 10.3. The number of hydrogen-bond acceptors (Lipinski definition) is 7. The number of rotatable bonds is 7. The summed E-state index contributed by atoms with van der Waals surface area (Å²) in [5.41, 5.74) is 0.707. The fraction of sp³-hybridized carbons (Fsp3) is 0.385. The van der Waals surface area contributed by atoms with Crippen molar-refractivity contribution in [1.82, 2.24) is 25.5 Å². The van der Waals surface area contributed by atoms with Crippen molar-refractivity contribution in [3.8, 4) is 11.4 Å². The lowest BCUT2D eigenvalue weighted by molar-refractivity contribution is -0.119. The maximum Gasteiger partial charge on any atom is 0.230 e. The smallest absolute Gasteiger partial charge is 0.230 e. The number of methoxy groups -OCH3 is 1. The number of thioether (sulfide) groups is 1. The van der Waals surface area contributed by atoms with Crippen molar-refractivity contribution in [2.24, 2.45) is 0 Å². The van der Waals surface area contributed by atoms with Gasteiger partial charge in [0.25, 0.3) is 0 Å². The Balaban J connectivity index is 1.96. The number of nitrogens with zero attached hydrogens (tertiary/aromatic N) is 4. The van der Waals surface area contributed by atoms with Crippen LogP contribution in [0, 0.1) is 0 Å². The molecule has 0 radical (unpaired) electrons. The van der Waals surface area contributed by atoms with E-state index in [9.17, 15) is 9.90 Å². The molecular formula is C13H17N5O3S. The summed E-state index contributed by atoms with van der Waals surface area (Å²) in [6.07, 6.45) is 0. The highest BCUT2D eigenvalue weighted by Gasteiger charge is 2.13. The Bertz CT molecular complexity index is 616. The molecule has 0 unspecified atom stereocenters. The van der Waals surface area contributed by atoms with Gasteiger partial charge in [-0.15, -0.1) is 5.10 Å². The zero-order valence-corrected chi connectivity index (χ0v) is 13.1. The fourth-order valence-corrected chi connectivity index (χ4v) is 2.47. The molecule has 0 aliphatic heterocycles. The van der Waals surface area contributed by atoms with Gasteiger partial charge < -0.3 is 15.2 Å². The summed E-state index contributed by atoms with van der Waals surface area (Å²) in [5, 5.41) is 24.0. The second kappa shape index (κ2) is 7.76. The molecule has 0 aliphatic carbocycles. The van der Waals surface area contributed by atoms with E-state index in [1.54, 1.807) is 31.4 Å². The van der Waals surface area contributed by atoms with Crippen molar-refractivity contribution >= 4 is 17.7 Å². The number of aromatic hydroxyl groups is 1. The molecule has 0 spiro atoms. The lowest BCUT2D eigenvalue weighted by Gasteiger charge is -2.12. The Labute approximate surface area is 131 Å². The van der Waals surface area contributed by atoms with Gasteiger partial charge in [0.15, 0.2) is 0 Å². The maximum atomic E-state index is 11.8. The van der Waals surface area contributed by atoms with Crippen LogP contribution in [0.25, 0.3) is 5.69 Å². The van der Waals surface area contributed by atoms with Gasteiger partial charge in [-0.05, 0) is 41.6 Å². The Morgan fingerprint density at radius 3 is 2.86 bits per heavy atom. The monoisotopic (exact) mass is 323 g/mol. The van der Waals surface area contributed by atoms with E-state index in [1.165, 1.54) is 16.4 Å². The van der Waals surface area contributed by atoms with Gasteiger partial charge in [-0.25, -0.2) is 0 Å². The van der Waals surface area contributed by atoms with E-state index in [0.717, 1.165) is 0 Å². The molecule has 1 aromatic carbocycles. The Kier molecular flexibility index (Phi) is 5.73. The Morgan fingerprint density at radius 1 is 1.45 bits per heavy atom. The minimum atomic E-state index is -0.116. The molecule has 8 nitrogen and oxygen atoms in total. The number of hydrogen-bond donors (Lipinski definition) is 2. The molecule has 1 heterocycles. The Morgan fingerprint density at radius 2 is 2.18 bits per heavy atom. The first-order chi connectivity index (χ1) is 10.6. The molecule has 2 N–H and O–H groups in total. The number of tetrazole rings is 1. The Hall–Kier alpha value is -2.13. The summed E-state index contributed by atoms with van der Waals surface area (Å²) in [6, 6.07) is 6.42. The molecule has 0 bridgehead atoms. The van der Waals surface area contributed by atoms with Crippen LogP contribution in [0.4, 0.5) is 0 Å². The van der Waals surface area contributed by atoms with Crippen LogP contribution in [0.15, 0.2) is 29.4 Å². The average Bonchev–Trinajstić information content (AvgIpc) is 2.94. The molecule has 0 aliphatic rings. The number of phenolic OH excluding ortho intramolecular Hbond substituents is 1. The fourth-order valence-electron chi connectivity index (χ4n) is 1.76. The summed E-state index contributed by atoms with van der Waals surface area (Å²) in [6.45, 7) is 2.33. The highest BCUT2D eigenvalue weighted by molar-refractivity contribution is 7.99. The summed E-state index contributed by atoms with van der Waals surface area (Å²) in [4.78, 5) is 11.8. The second-order valence-corrected chi connectivity index (χ2v) is 5.54. The molecule has 2 aromatic rings. The molecule has 0 fully saturated rings. The van der Waals surface area contributed by atoms with E-state index in [0.29, 0.717) is 17.5 Å². The standard InChI is InChI=1S/C13H17N5O3S/c1-9(7-21-2)14-12(20)8-22-13-15-16-17-18(13)10-3-5-11(19)6-4-10/h3-6,9,19H,7-8H2,1-2H3,(H,14,20)/t9-/m0/s1. The normalized spacial score (nSPS) is 12.1. The van der Waals surface area contributed by atoms with Crippen molar-refractivity contribution in [2.75, 3.05) is 19.5 Å². The van der Waals surface area contributed by atoms with E-state index in [1.807, 2.05) is 6.92 Å². The van der Waals surface area contributed by atoms with Gasteiger partial charge in [0, 0.05) is 13.2 Å². The van der Waals surface area contributed by atoms with E-state index in [-0.39, 0.29) is 23.5 Å². The number of carbonyl (C=O) groups is 1. The first-order valence-corrected chi connectivity index (χ1v) is 7.57. The minimum absolute atomic E-state index is 0.0498. The lowest BCUT2D eigenvalue weighted by Crippen LogP contribution is -2.36. The van der Waals surface area contributed by atoms with Crippen LogP contribution in [-0.2, 0) is 9.53 Å². The van der Waals surface area contributed by atoms with E-state index < -0.39 is 0 Å². The van der Waals surface area contributed by atoms with Gasteiger partial charge >= 0.3 is 0 Å². The average molecular weight is 323 g/mol.